The normalized spacial score (nSPS) is 20.8. The summed E-state index contributed by atoms with van der Waals surface area (Å²) >= 11 is 6.34. The van der Waals surface area contributed by atoms with Crippen molar-refractivity contribution < 1.29 is 0 Å². The Morgan fingerprint density at radius 1 is 0.964 bits per heavy atom. The number of rotatable bonds is 2. The third-order valence-electron chi connectivity index (χ3n) is 6.93. The monoisotopic (exact) mass is 392 g/mol. The standard InChI is InChI=1S/C25H29ClN2/c26-22-9-10-23-21(16-22)8-7-20-6-3-13-27-25(20)24(23)19-11-14-28(15-12-19)17-18-4-1-2-5-18/h3,6,9-10,13,16,18H,1-2,4-5,7-8,11-12,14-15,17H2. The summed E-state index contributed by atoms with van der Waals surface area (Å²) in [5.74, 6) is 0.942. The first-order valence-corrected chi connectivity index (χ1v) is 11.3. The number of likely N-dealkylation sites (tertiary alicyclic amines) is 1. The fourth-order valence-corrected chi connectivity index (χ4v) is 5.64. The van der Waals surface area contributed by atoms with Gasteiger partial charge in [-0.15, -0.1) is 0 Å². The summed E-state index contributed by atoms with van der Waals surface area (Å²) in [7, 11) is 0. The highest BCUT2D eigenvalue weighted by Crippen LogP contribution is 2.38. The van der Waals surface area contributed by atoms with E-state index in [0.29, 0.717) is 0 Å². The minimum atomic E-state index is 0.841. The van der Waals surface area contributed by atoms with E-state index in [1.165, 1.54) is 86.1 Å². The number of nitrogens with zero attached hydrogens (tertiary/aromatic N) is 2. The van der Waals surface area contributed by atoms with Gasteiger partial charge in [-0.25, -0.2) is 0 Å². The van der Waals surface area contributed by atoms with Crippen LogP contribution in [0.4, 0.5) is 0 Å². The number of aryl methyl sites for hydroxylation is 2. The summed E-state index contributed by atoms with van der Waals surface area (Å²) in [5, 5.41) is 0.841. The average Bonchev–Trinajstić information content (AvgIpc) is 3.17. The predicted molar refractivity (Wildman–Crippen MR) is 117 cm³/mol. The van der Waals surface area contributed by atoms with Gasteiger partial charge in [-0.2, -0.15) is 0 Å². The van der Waals surface area contributed by atoms with E-state index >= 15 is 0 Å². The van der Waals surface area contributed by atoms with Crippen molar-refractivity contribution in [2.24, 2.45) is 5.92 Å². The minimum absolute atomic E-state index is 0.841. The summed E-state index contributed by atoms with van der Waals surface area (Å²) in [6, 6.07) is 10.8. The molecule has 2 nitrogen and oxygen atoms in total. The molecule has 2 fully saturated rings. The van der Waals surface area contributed by atoms with Gasteiger partial charge >= 0.3 is 0 Å². The Hall–Kier alpha value is -1.64. The molecule has 2 heterocycles. The molecule has 0 unspecified atom stereocenters. The van der Waals surface area contributed by atoms with Gasteiger partial charge in [0, 0.05) is 36.4 Å². The molecule has 0 bridgehead atoms. The number of fused-ring (bicyclic) bond motifs is 2. The van der Waals surface area contributed by atoms with E-state index in [-0.39, 0.29) is 0 Å². The van der Waals surface area contributed by atoms with Crippen LogP contribution in [0.2, 0.25) is 5.02 Å². The van der Waals surface area contributed by atoms with Crippen molar-refractivity contribution in [1.29, 1.82) is 0 Å². The topological polar surface area (TPSA) is 16.1 Å². The fourth-order valence-electron chi connectivity index (χ4n) is 5.45. The Morgan fingerprint density at radius 3 is 2.57 bits per heavy atom. The molecule has 2 aliphatic carbocycles. The molecule has 0 radical (unpaired) electrons. The molecule has 28 heavy (non-hydrogen) atoms. The van der Waals surface area contributed by atoms with Gasteiger partial charge in [0.2, 0.25) is 0 Å². The van der Waals surface area contributed by atoms with Crippen LogP contribution < -0.4 is 0 Å². The maximum Gasteiger partial charge on any atom is 0.0739 e. The molecule has 3 aliphatic rings. The zero-order chi connectivity index (χ0) is 18.9. The number of hydrogen-bond acceptors (Lipinski definition) is 2. The van der Waals surface area contributed by atoms with Crippen molar-refractivity contribution >= 4 is 17.2 Å². The van der Waals surface area contributed by atoms with E-state index in [4.69, 9.17) is 16.6 Å². The molecule has 1 aromatic carbocycles. The molecule has 1 saturated carbocycles. The van der Waals surface area contributed by atoms with Crippen LogP contribution in [-0.4, -0.2) is 29.5 Å². The Balaban J connectivity index is 1.48. The van der Waals surface area contributed by atoms with Crippen molar-refractivity contribution in [3.63, 3.8) is 0 Å². The highest BCUT2D eigenvalue weighted by molar-refractivity contribution is 6.30. The molecule has 1 aromatic heterocycles. The molecule has 0 amide bonds. The van der Waals surface area contributed by atoms with Gasteiger partial charge in [-0.05, 0) is 79.3 Å². The van der Waals surface area contributed by atoms with Gasteiger partial charge in [0.25, 0.3) is 0 Å². The number of piperidine rings is 1. The first-order valence-electron chi connectivity index (χ1n) is 11.0. The highest BCUT2D eigenvalue weighted by Gasteiger charge is 2.26. The summed E-state index contributed by atoms with van der Waals surface area (Å²) in [6.45, 7) is 3.70. The molecule has 3 heteroatoms. The van der Waals surface area contributed by atoms with Crippen molar-refractivity contribution in [2.75, 3.05) is 19.6 Å². The SMILES string of the molecule is Clc1ccc2c(c1)CCc1cccnc1C2=C1CCN(CC2CCCC2)CC1. The number of aromatic nitrogens is 1. The molecule has 1 aliphatic heterocycles. The van der Waals surface area contributed by atoms with Gasteiger partial charge in [-0.3, -0.25) is 4.98 Å². The minimum Gasteiger partial charge on any atom is -0.302 e. The van der Waals surface area contributed by atoms with Crippen molar-refractivity contribution in [1.82, 2.24) is 9.88 Å². The zero-order valence-corrected chi connectivity index (χ0v) is 17.3. The van der Waals surface area contributed by atoms with Crippen LogP contribution in [0, 0.1) is 5.92 Å². The summed E-state index contributed by atoms with van der Waals surface area (Å²) in [4.78, 5) is 7.56. The molecule has 5 rings (SSSR count). The second-order valence-corrected chi connectivity index (χ2v) is 9.18. The van der Waals surface area contributed by atoms with Gasteiger partial charge in [0.1, 0.15) is 0 Å². The lowest BCUT2D eigenvalue weighted by Crippen LogP contribution is -2.34. The first-order chi connectivity index (χ1) is 13.8. The molecule has 0 N–H and O–H groups in total. The first kappa shape index (κ1) is 18.4. The Kier molecular flexibility index (Phi) is 5.26. The average molecular weight is 393 g/mol. The maximum absolute atomic E-state index is 6.34. The van der Waals surface area contributed by atoms with Crippen LogP contribution in [0.15, 0.2) is 42.1 Å². The van der Waals surface area contributed by atoms with E-state index in [1.54, 1.807) is 5.57 Å². The van der Waals surface area contributed by atoms with Crippen LogP contribution >= 0.6 is 11.6 Å². The number of halogens is 1. The van der Waals surface area contributed by atoms with Gasteiger partial charge in [-0.1, -0.05) is 42.1 Å². The summed E-state index contributed by atoms with van der Waals surface area (Å²) < 4.78 is 0. The van der Waals surface area contributed by atoms with Crippen LogP contribution in [0.5, 0.6) is 0 Å². The number of benzene rings is 1. The number of hydrogen-bond donors (Lipinski definition) is 0. The van der Waals surface area contributed by atoms with Gasteiger partial charge in [0.05, 0.1) is 5.69 Å². The van der Waals surface area contributed by atoms with Crippen LogP contribution in [0.25, 0.3) is 5.57 Å². The van der Waals surface area contributed by atoms with E-state index < -0.39 is 0 Å². The van der Waals surface area contributed by atoms with Crippen molar-refractivity contribution in [3.8, 4) is 0 Å². The molecular formula is C25H29ClN2. The molecule has 1 saturated heterocycles. The fraction of sp³-hybridized carbons (Fsp3) is 0.480. The molecule has 2 aromatic rings. The van der Waals surface area contributed by atoms with Crippen LogP contribution in [0.3, 0.4) is 0 Å². The maximum atomic E-state index is 6.34. The molecule has 0 spiro atoms. The Morgan fingerprint density at radius 2 is 1.75 bits per heavy atom. The van der Waals surface area contributed by atoms with Crippen molar-refractivity contribution in [3.05, 3.63) is 69.5 Å². The number of pyridine rings is 1. The van der Waals surface area contributed by atoms with Crippen LogP contribution in [0.1, 0.15) is 60.9 Å². The Labute approximate surface area is 173 Å². The molecular weight excluding hydrogens is 364 g/mol. The zero-order valence-electron chi connectivity index (χ0n) is 16.6. The third-order valence-corrected chi connectivity index (χ3v) is 7.17. The molecule has 146 valence electrons. The predicted octanol–water partition coefficient (Wildman–Crippen LogP) is 5.92. The van der Waals surface area contributed by atoms with E-state index in [0.717, 1.165) is 23.8 Å². The van der Waals surface area contributed by atoms with E-state index in [9.17, 15) is 0 Å². The van der Waals surface area contributed by atoms with Gasteiger partial charge < -0.3 is 4.90 Å². The van der Waals surface area contributed by atoms with Gasteiger partial charge in [0.15, 0.2) is 0 Å². The lowest BCUT2D eigenvalue weighted by molar-refractivity contribution is 0.218. The second-order valence-electron chi connectivity index (χ2n) is 8.74. The largest absolute Gasteiger partial charge is 0.302 e. The van der Waals surface area contributed by atoms with Crippen LogP contribution in [-0.2, 0) is 12.8 Å². The molecule has 0 atom stereocenters. The Bertz CT molecular complexity index is 885. The summed E-state index contributed by atoms with van der Waals surface area (Å²) in [5.41, 5.74) is 8.32. The second kappa shape index (κ2) is 8.00. The third kappa shape index (κ3) is 3.65. The van der Waals surface area contributed by atoms with E-state index in [1.807, 2.05) is 12.3 Å². The van der Waals surface area contributed by atoms with Crippen molar-refractivity contribution in [2.45, 2.75) is 51.4 Å². The smallest absolute Gasteiger partial charge is 0.0739 e. The lowest BCUT2D eigenvalue weighted by atomic mass is 9.88. The van der Waals surface area contributed by atoms with E-state index in [2.05, 4.69) is 29.2 Å². The lowest BCUT2D eigenvalue weighted by Gasteiger charge is -2.32. The highest BCUT2D eigenvalue weighted by atomic mass is 35.5. The summed E-state index contributed by atoms with van der Waals surface area (Å²) in [6.07, 6.45) is 12.1. The quantitative estimate of drug-likeness (QED) is 0.630.